The summed E-state index contributed by atoms with van der Waals surface area (Å²) in [6.45, 7) is -0.645. The molecule has 1 aliphatic carbocycles. The lowest BCUT2D eigenvalue weighted by atomic mass is 10.0. The summed E-state index contributed by atoms with van der Waals surface area (Å²) in [5.74, 6) is -0.159. The summed E-state index contributed by atoms with van der Waals surface area (Å²) < 4.78 is 16.5. The van der Waals surface area contributed by atoms with Gasteiger partial charge in [-0.2, -0.15) is 0 Å². The number of halogens is 1. The highest BCUT2D eigenvalue weighted by Gasteiger charge is 2.20. The molecule has 0 N–H and O–H groups in total. The minimum atomic E-state index is -0.571. The minimum absolute atomic E-state index is 0.0362. The second-order valence-electron chi connectivity index (χ2n) is 3.54. The Hall–Kier alpha value is -0.600. The molecule has 0 heterocycles. The highest BCUT2D eigenvalue weighted by Crippen LogP contribution is 2.23. The van der Waals surface area contributed by atoms with Gasteiger partial charge in [-0.15, -0.1) is 0 Å². The monoisotopic (exact) mass is 188 g/mol. The zero-order valence-corrected chi connectivity index (χ0v) is 7.93. The molecular weight excluding hydrogens is 171 g/mol. The maximum absolute atomic E-state index is 11.7. The van der Waals surface area contributed by atoms with Crippen molar-refractivity contribution in [1.29, 1.82) is 0 Å². The van der Waals surface area contributed by atoms with Crippen LogP contribution in [0.2, 0.25) is 0 Å². The van der Waals surface area contributed by atoms with Crippen LogP contribution in [0, 0.1) is 5.92 Å². The van der Waals surface area contributed by atoms with Crippen LogP contribution in [0.1, 0.15) is 38.5 Å². The molecular formula is C10H17FO2. The van der Waals surface area contributed by atoms with E-state index in [0.717, 1.165) is 25.7 Å². The predicted octanol–water partition coefficient (Wildman–Crippen LogP) is 2.47. The average Bonchev–Trinajstić information content (AvgIpc) is 2.42. The van der Waals surface area contributed by atoms with Gasteiger partial charge >= 0.3 is 5.97 Å². The predicted molar refractivity (Wildman–Crippen MR) is 48.1 cm³/mol. The Kier molecular flexibility index (Phi) is 4.79. The summed E-state index contributed by atoms with van der Waals surface area (Å²) in [4.78, 5) is 11.3. The summed E-state index contributed by atoms with van der Waals surface area (Å²) in [7, 11) is 0. The van der Waals surface area contributed by atoms with Gasteiger partial charge in [0.05, 0.1) is 5.92 Å². The summed E-state index contributed by atoms with van der Waals surface area (Å²) in [6.07, 6.45) is 6.49. The van der Waals surface area contributed by atoms with Crippen molar-refractivity contribution in [3.05, 3.63) is 0 Å². The molecule has 13 heavy (non-hydrogen) atoms. The van der Waals surface area contributed by atoms with Gasteiger partial charge in [-0.25, -0.2) is 4.39 Å². The lowest BCUT2D eigenvalue weighted by Gasteiger charge is -2.11. The van der Waals surface area contributed by atoms with Crippen LogP contribution in [0.25, 0.3) is 0 Å². The molecule has 2 nitrogen and oxygen atoms in total. The van der Waals surface area contributed by atoms with E-state index in [2.05, 4.69) is 0 Å². The van der Waals surface area contributed by atoms with Crippen LogP contribution in [0.4, 0.5) is 4.39 Å². The van der Waals surface area contributed by atoms with Gasteiger partial charge in [0.25, 0.3) is 0 Å². The molecule has 0 spiro atoms. The fourth-order valence-corrected chi connectivity index (χ4v) is 1.77. The molecule has 0 aromatic rings. The molecule has 3 heteroatoms. The van der Waals surface area contributed by atoms with Crippen molar-refractivity contribution in [3.63, 3.8) is 0 Å². The molecule has 0 bridgehead atoms. The Bertz CT molecular complexity index is 151. The SMILES string of the molecule is O=C(OCCF)C1CCCCCC1. The molecule has 0 amide bonds. The van der Waals surface area contributed by atoms with Crippen LogP contribution in [0.5, 0.6) is 0 Å². The highest BCUT2D eigenvalue weighted by atomic mass is 19.1. The first-order chi connectivity index (χ1) is 6.34. The zero-order chi connectivity index (χ0) is 9.52. The Labute approximate surface area is 78.5 Å². The Morgan fingerprint density at radius 2 is 1.85 bits per heavy atom. The van der Waals surface area contributed by atoms with E-state index in [4.69, 9.17) is 4.74 Å². The van der Waals surface area contributed by atoms with Crippen LogP contribution >= 0.6 is 0 Å². The van der Waals surface area contributed by atoms with E-state index in [-0.39, 0.29) is 18.5 Å². The van der Waals surface area contributed by atoms with Gasteiger partial charge in [0.15, 0.2) is 0 Å². The van der Waals surface area contributed by atoms with E-state index in [1.165, 1.54) is 12.8 Å². The second kappa shape index (κ2) is 5.95. The number of carbonyl (C=O) groups excluding carboxylic acids is 1. The van der Waals surface area contributed by atoms with Gasteiger partial charge in [0.1, 0.15) is 13.3 Å². The van der Waals surface area contributed by atoms with Crippen molar-refractivity contribution in [1.82, 2.24) is 0 Å². The number of hydrogen-bond donors (Lipinski definition) is 0. The van der Waals surface area contributed by atoms with Crippen molar-refractivity contribution in [2.45, 2.75) is 38.5 Å². The number of esters is 1. The molecule has 0 aromatic carbocycles. The van der Waals surface area contributed by atoms with Crippen LogP contribution in [-0.4, -0.2) is 19.3 Å². The Balaban J connectivity index is 2.26. The molecule has 1 fully saturated rings. The van der Waals surface area contributed by atoms with Crippen molar-refractivity contribution >= 4 is 5.97 Å². The third-order valence-electron chi connectivity index (χ3n) is 2.51. The first-order valence-electron chi connectivity index (χ1n) is 5.07. The average molecular weight is 188 g/mol. The molecule has 1 aliphatic rings. The Morgan fingerprint density at radius 1 is 1.23 bits per heavy atom. The van der Waals surface area contributed by atoms with Gasteiger partial charge in [0, 0.05) is 0 Å². The van der Waals surface area contributed by atoms with Crippen LogP contribution in [-0.2, 0) is 9.53 Å². The third-order valence-corrected chi connectivity index (χ3v) is 2.51. The number of alkyl halides is 1. The highest BCUT2D eigenvalue weighted by molar-refractivity contribution is 5.72. The van der Waals surface area contributed by atoms with Gasteiger partial charge < -0.3 is 4.74 Å². The molecule has 1 saturated carbocycles. The molecule has 0 aromatic heterocycles. The quantitative estimate of drug-likeness (QED) is 0.502. The van der Waals surface area contributed by atoms with Crippen LogP contribution in [0.15, 0.2) is 0 Å². The molecule has 0 atom stereocenters. The van der Waals surface area contributed by atoms with E-state index in [1.807, 2.05) is 0 Å². The standard InChI is InChI=1S/C10H17FO2/c11-7-8-13-10(12)9-5-3-1-2-4-6-9/h9H,1-8H2. The first-order valence-corrected chi connectivity index (χ1v) is 5.07. The topological polar surface area (TPSA) is 26.3 Å². The smallest absolute Gasteiger partial charge is 0.309 e. The summed E-state index contributed by atoms with van der Waals surface area (Å²) in [6, 6.07) is 0. The fourth-order valence-electron chi connectivity index (χ4n) is 1.77. The van der Waals surface area contributed by atoms with Crippen molar-refractivity contribution in [3.8, 4) is 0 Å². The van der Waals surface area contributed by atoms with Crippen molar-refractivity contribution < 1.29 is 13.9 Å². The molecule has 0 radical (unpaired) electrons. The van der Waals surface area contributed by atoms with Crippen LogP contribution in [0.3, 0.4) is 0 Å². The third kappa shape index (κ3) is 3.75. The maximum Gasteiger partial charge on any atom is 0.309 e. The Morgan fingerprint density at radius 3 is 2.38 bits per heavy atom. The van der Waals surface area contributed by atoms with Gasteiger partial charge in [-0.05, 0) is 12.8 Å². The summed E-state index contributed by atoms with van der Waals surface area (Å²) in [5.41, 5.74) is 0. The molecule has 0 unspecified atom stereocenters. The summed E-state index contributed by atoms with van der Waals surface area (Å²) >= 11 is 0. The minimum Gasteiger partial charge on any atom is -0.463 e. The number of hydrogen-bond acceptors (Lipinski definition) is 2. The molecule has 0 saturated heterocycles. The van der Waals surface area contributed by atoms with E-state index in [9.17, 15) is 9.18 Å². The van der Waals surface area contributed by atoms with E-state index < -0.39 is 6.67 Å². The molecule has 76 valence electrons. The fraction of sp³-hybridized carbons (Fsp3) is 0.900. The normalized spacial score (nSPS) is 19.5. The van der Waals surface area contributed by atoms with E-state index in [0.29, 0.717) is 0 Å². The lowest BCUT2D eigenvalue weighted by Crippen LogP contribution is -2.18. The lowest BCUT2D eigenvalue weighted by molar-refractivity contribution is -0.149. The van der Waals surface area contributed by atoms with Gasteiger partial charge in [0.2, 0.25) is 0 Å². The van der Waals surface area contributed by atoms with E-state index in [1.54, 1.807) is 0 Å². The van der Waals surface area contributed by atoms with Crippen molar-refractivity contribution in [2.75, 3.05) is 13.3 Å². The first kappa shape index (κ1) is 10.5. The zero-order valence-electron chi connectivity index (χ0n) is 7.93. The molecule has 1 rings (SSSR count). The van der Waals surface area contributed by atoms with Gasteiger partial charge in [-0.3, -0.25) is 4.79 Å². The van der Waals surface area contributed by atoms with E-state index >= 15 is 0 Å². The number of rotatable bonds is 3. The second-order valence-corrected chi connectivity index (χ2v) is 3.54. The molecule has 0 aliphatic heterocycles. The largest absolute Gasteiger partial charge is 0.463 e. The number of carbonyl (C=O) groups is 1. The van der Waals surface area contributed by atoms with Crippen molar-refractivity contribution in [2.24, 2.45) is 5.92 Å². The van der Waals surface area contributed by atoms with Crippen LogP contribution < -0.4 is 0 Å². The van der Waals surface area contributed by atoms with Gasteiger partial charge in [-0.1, -0.05) is 25.7 Å². The summed E-state index contributed by atoms with van der Waals surface area (Å²) in [5, 5.41) is 0. The maximum atomic E-state index is 11.7. The number of ether oxygens (including phenoxy) is 1.